The molecule has 3 rings (SSSR count). The second-order valence-corrected chi connectivity index (χ2v) is 5.75. The van der Waals surface area contributed by atoms with Crippen molar-refractivity contribution in [2.75, 3.05) is 23.8 Å². The van der Waals surface area contributed by atoms with Crippen molar-refractivity contribution in [3.8, 4) is 5.75 Å². The van der Waals surface area contributed by atoms with Gasteiger partial charge in [0.15, 0.2) is 0 Å². The molecule has 1 heterocycles. The first-order valence-corrected chi connectivity index (χ1v) is 8.08. The number of nitrogens with zero attached hydrogens (tertiary/aromatic N) is 1. The van der Waals surface area contributed by atoms with Gasteiger partial charge in [0.2, 0.25) is 5.91 Å². The minimum atomic E-state index is 0. The van der Waals surface area contributed by atoms with Crippen LogP contribution >= 0.6 is 12.4 Å². The number of anilines is 2. The molecule has 0 saturated carbocycles. The summed E-state index contributed by atoms with van der Waals surface area (Å²) < 4.78 is 5.43. The Kier molecular flexibility index (Phi) is 6.10. The van der Waals surface area contributed by atoms with E-state index in [4.69, 9.17) is 10.5 Å². The van der Waals surface area contributed by atoms with E-state index in [2.05, 4.69) is 0 Å². The van der Waals surface area contributed by atoms with Crippen LogP contribution in [0.2, 0.25) is 0 Å². The fourth-order valence-electron chi connectivity index (χ4n) is 3.05. The normalized spacial score (nSPS) is 13.0. The number of rotatable bonds is 4. The van der Waals surface area contributed by atoms with Crippen LogP contribution in [0.25, 0.3) is 0 Å². The lowest BCUT2D eigenvalue weighted by atomic mass is 9.99. The Balaban J connectivity index is 0.00000208. The van der Waals surface area contributed by atoms with E-state index in [0.717, 1.165) is 47.6 Å². The van der Waals surface area contributed by atoms with Crippen molar-refractivity contribution in [3.05, 3.63) is 53.6 Å². The fraction of sp³-hybridized carbons (Fsp3) is 0.316. The Labute approximate surface area is 149 Å². The number of carbonyl (C=O) groups excluding carboxylic acids is 1. The highest BCUT2D eigenvalue weighted by atomic mass is 35.5. The van der Waals surface area contributed by atoms with Crippen molar-refractivity contribution in [1.82, 2.24) is 0 Å². The summed E-state index contributed by atoms with van der Waals surface area (Å²) in [7, 11) is 0. The summed E-state index contributed by atoms with van der Waals surface area (Å²) >= 11 is 0. The van der Waals surface area contributed by atoms with Crippen molar-refractivity contribution in [2.24, 2.45) is 0 Å². The molecule has 0 unspecified atom stereocenters. The van der Waals surface area contributed by atoms with E-state index in [0.29, 0.717) is 13.0 Å². The van der Waals surface area contributed by atoms with Gasteiger partial charge < -0.3 is 15.4 Å². The Hall–Kier alpha value is -2.20. The zero-order chi connectivity index (χ0) is 16.2. The molecule has 0 bridgehead atoms. The lowest BCUT2D eigenvalue weighted by Gasteiger charge is -2.30. The van der Waals surface area contributed by atoms with Crippen molar-refractivity contribution < 1.29 is 9.53 Å². The minimum Gasteiger partial charge on any atom is -0.494 e. The smallest absolute Gasteiger partial charge is 0.231 e. The molecule has 2 aromatic carbocycles. The van der Waals surface area contributed by atoms with Crippen LogP contribution in [-0.4, -0.2) is 19.1 Å². The van der Waals surface area contributed by atoms with Crippen LogP contribution in [0.1, 0.15) is 24.5 Å². The van der Waals surface area contributed by atoms with Gasteiger partial charge in [-0.15, -0.1) is 12.4 Å². The first-order chi connectivity index (χ1) is 11.2. The molecule has 4 nitrogen and oxygen atoms in total. The summed E-state index contributed by atoms with van der Waals surface area (Å²) in [6, 6.07) is 13.5. The van der Waals surface area contributed by atoms with Gasteiger partial charge in [-0.2, -0.15) is 0 Å². The molecule has 0 radical (unpaired) electrons. The van der Waals surface area contributed by atoms with E-state index >= 15 is 0 Å². The van der Waals surface area contributed by atoms with Gasteiger partial charge in [0.25, 0.3) is 0 Å². The SMILES string of the molecule is CCOc1ccc(CC(=O)N2CCCc3c(N)cccc32)cc1.Cl. The number of fused-ring (bicyclic) bond motifs is 1. The Morgan fingerprint density at radius 3 is 2.67 bits per heavy atom. The maximum absolute atomic E-state index is 12.7. The summed E-state index contributed by atoms with van der Waals surface area (Å²) in [5, 5.41) is 0. The average Bonchev–Trinajstić information content (AvgIpc) is 2.57. The summed E-state index contributed by atoms with van der Waals surface area (Å²) in [6.07, 6.45) is 2.28. The number of nitrogen functional groups attached to an aromatic ring is 1. The van der Waals surface area contributed by atoms with Crippen molar-refractivity contribution in [2.45, 2.75) is 26.2 Å². The number of ether oxygens (including phenoxy) is 1. The predicted molar refractivity (Wildman–Crippen MR) is 100 cm³/mol. The van der Waals surface area contributed by atoms with Crippen LogP contribution in [-0.2, 0) is 17.6 Å². The highest BCUT2D eigenvalue weighted by molar-refractivity contribution is 5.96. The summed E-state index contributed by atoms with van der Waals surface area (Å²) in [4.78, 5) is 14.6. The van der Waals surface area contributed by atoms with E-state index in [1.807, 2.05) is 54.3 Å². The molecule has 24 heavy (non-hydrogen) atoms. The molecule has 2 aromatic rings. The van der Waals surface area contributed by atoms with Crippen LogP contribution in [0.3, 0.4) is 0 Å². The van der Waals surface area contributed by atoms with Crippen LogP contribution < -0.4 is 15.4 Å². The van der Waals surface area contributed by atoms with Crippen molar-refractivity contribution in [1.29, 1.82) is 0 Å². The number of hydrogen-bond acceptors (Lipinski definition) is 3. The zero-order valence-corrected chi connectivity index (χ0v) is 14.6. The third-order valence-corrected chi connectivity index (χ3v) is 4.18. The zero-order valence-electron chi connectivity index (χ0n) is 13.8. The molecule has 0 atom stereocenters. The third-order valence-electron chi connectivity index (χ3n) is 4.18. The predicted octanol–water partition coefficient (Wildman–Crippen LogP) is 3.61. The number of nitrogens with two attached hydrogens (primary N) is 1. The summed E-state index contributed by atoms with van der Waals surface area (Å²) in [6.45, 7) is 3.35. The number of halogens is 1. The van der Waals surface area contributed by atoms with Gasteiger partial charge in [0.1, 0.15) is 5.75 Å². The molecule has 1 aliphatic heterocycles. The minimum absolute atomic E-state index is 0. The maximum atomic E-state index is 12.7. The molecule has 0 fully saturated rings. The lowest BCUT2D eigenvalue weighted by molar-refractivity contribution is -0.118. The molecule has 0 aromatic heterocycles. The van der Waals surface area contributed by atoms with Crippen molar-refractivity contribution >= 4 is 29.7 Å². The number of amides is 1. The molecule has 5 heteroatoms. The van der Waals surface area contributed by atoms with Gasteiger partial charge >= 0.3 is 0 Å². The first-order valence-electron chi connectivity index (χ1n) is 8.08. The Morgan fingerprint density at radius 2 is 1.96 bits per heavy atom. The molecule has 128 valence electrons. The Morgan fingerprint density at radius 1 is 1.21 bits per heavy atom. The fourth-order valence-corrected chi connectivity index (χ4v) is 3.05. The highest BCUT2D eigenvalue weighted by Crippen LogP contribution is 2.31. The topological polar surface area (TPSA) is 55.6 Å². The highest BCUT2D eigenvalue weighted by Gasteiger charge is 2.23. The average molecular weight is 347 g/mol. The third kappa shape index (κ3) is 3.82. The standard InChI is InChI=1S/C19H22N2O2.ClH/c1-2-23-15-10-8-14(9-11-15)13-19(22)21-12-4-5-16-17(20)6-3-7-18(16)21;/h3,6-11H,2,4-5,12-13,20H2,1H3;1H. The van der Waals surface area contributed by atoms with E-state index < -0.39 is 0 Å². The van der Waals surface area contributed by atoms with Gasteiger partial charge in [-0.25, -0.2) is 0 Å². The molecular formula is C19H23ClN2O2. The molecule has 2 N–H and O–H groups in total. The van der Waals surface area contributed by atoms with E-state index in [1.54, 1.807) is 0 Å². The van der Waals surface area contributed by atoms with Crippen LogP contribution in [0.4, 0.5) is 11.4 Å². The number of carbonyl (C=O) groups is 1. The van der Waals surface area contributed by atoms with E-state index in [1.165, 1.54) is 0 Å². The van der Waals surface area contributed by atoms with Crippen LogP contribution in [0.15, 0.2) is 42.5 Å². The number of benzene rings is 2. The molecular weight excluding hydrogens is 324 g/mol. The maximum Gasteiger partial charge on any atom is 0.231 e. The molecule has 0 saturated heterocycles. The second-order valence-electron chi connectivity index (χ2n) is 5.75. The molecule has 0 aliphatic carbocycles. The quantitative estimate of drug-likeness (QED) is 0.860. The van der Waals surface area contributed by atoms with Gasteiger partial charge in [-0.3, -0.25) is 4.79 Å². The molecule has 1 amide bonds. The first kappa shape index (κ1) is 18.1. The van der Waals surface area contributed by atoms with Crippen molar-refractivity contribution in [3.63, 3.8) is 0 Å². The van der Waals surface area contributed by atoms with Gasteiger partial charge in [-0.1, -0.05) is 18.2 Å². The Bertz CT molecular complexity index is 701. The second kappa shape index (κ2) is 8.06. The lowest BCUT2D eigenvalue weighted by Crippen LogP contribution is -2.36. The van der Waals surface area contributed by atoms with E-state index in [-0.39, 0.29) is 18.3 Å². The number of hydrogen-bond donors (Lipinski definition) is 1. The largest absolute Gasteiger partial charge is 0.494 e. The summed E-state index contributed by atoms with van der Waals surface area (Å²) in [5.41, 5.74) is 9.88. The van der Waals surface area contributed by atoms with Gasteiger partial charge in [0.05, 0.1) is 13.0 Å². The van der Waals surface area contributed by atoms with Crippen LogP contribution in [0.5, 0.6) is 5.75 Å². The monoisotopic (exact) mass is 346 g/mol. The van der Waals surface area contributed by atoms with Gasteiger partial charge in [0, 0.05) is 17.9 Å². The van der Waals surface area contributed by atoms with E-state index in [9.17, 15) is 4.79 Å². The van der Waals surface area contributed by atoms with Crippen LogP contribution in [0, 0.1) is 0 Å². The van der Waals surface area contributed by atoms with Gasteiger partial charge in [-0.05, 0) is 55.2 Å². The molecule has 0 spiro atoms. The molecule has 1 aliphatic rings. The summed E-state index contributed by atoms with van der Waals surface area (Å²) in [5.74, 6) is 0.945.